The lowest BCUT2D eigenvalue weighted by atomic mass is 9.70. The molecule has 0 bridgehead atoms. The molecule has 1 saturated carbocycles. The molecular formula is C10H14BrF2N. The van der Waals surface area contributed by atoms with Gasteiger partial charge in [0.25, 0.3) is 0 Å². The fraction of sp³-hybridized carbons (Fsp3) is 0.900. The van der Waals surface area contributed by atoms with Crippen LogP contribution >= 0.6 is 15.9 Å². The van der Waals surface area contributed by atoms with Crippen molar-refractivity contribution < 1.29 is 8.78 Å². The van der Waals surface area contributed by atoms with Gasteiger partial charge in [-0.25, -0.2) is 8.78 Å². The van der Waals surface area contributed by atoms with Crippen LogP contribution in [0.3, 0.4) is 0 Å². The van der Waals surface area contributed by atoms with Gasteiger partial charge in [-0.1, -0.05) is 15.9 Å². The molecule has 1 fully saturated rings. The van der Waals surface area contributed by atoms with E-state index in [9.17, 15) is 8.78 Å². The summed E-state index contributed by atoms with van der Waals surface area (Å²) in [6.07, 6.45) is -2.20. The molecule has 0 aliphatic heterocycles. The topological polar surface area (TPSA) is 23.8 Å². The maximum Gasteiger partial charge on any atom is 0.136 e. The molecule has 0 radical (unpaired) electrons. The van der Waals surface area contributed by atoms with Crippen LogP contribution in [0.2, 0.25) is 0 Å². The van der Waals surface area contributed by atoms with Gasteiger partial charge in [0, 0.05) is 10.7 Å². The van der Waals surface area contributed by atoms with Gasteiger partial charge in [0.15, 0.2) is 0 Å². The molecular weight excluding hydrogens is 252 g/mol. The fourth-order valence-corrected chi connectivity index (χ4v) is 2.66. The number of halogens is 3. The summed E-state index contributed by atoms with van der Waals surface area (Å²) >= 11 is 3.30. The van der Waals surface area contributed by atoms with Crippen molar-refractivity contribution >= 4 is 15.9 Å². The van der Waals surface area contributed by atoms with E-state index in [0.717, 1.165) is 0 Å². The van der Waals surface area contributed by atoms with E-state index < -0.39 is 23.7 Å². The Balaban J connectivity index is 2.82. The first-order valence-corrected chi connectivity index (χ1v) is 5.63. The Labute approximate surface area is 91.6 Å². The summed E-state index contributed by atoms with van der Waals surface area (Å²) in [4.78, 5) is -0.0119. The number of nitriles is 1. The summed E-state index contributed by atoms with van der Waals surface area (Å²) in [5, 5.41) is 8.88. The highest BCUT2D eigenvalue weighted by molar-refractivity contribution is 9.09. The largest absolute Gasteiger partial charge is 0.244 e. The minimum absolute atomic E-state index is 0.0119. The van der Waals surface area contributed by atoms with E-state index in [-0.39, 0.29) is 11.2 Å². The van der Waals surface area contributed by atoms with Crippen molar-refractivity contribution in [2.24, 2.45) is 11.3 Å². The van der Waals surface area contributed by atoms with Crippen LogP contribution in [0.4, 0.5) is 8.78 Å². The Kier molecular flexibility index (Phi) is 3.52. The number of rotatable bonds is 1. The van der Waals surface area contributed by atoms with Crippen LogP contribution in [0.1, 0.15) is 26.7 Å². The number of hydrogen-bond acceptors (Lipinski definition) is 1. The van der Waals surface area contributed by atoms with E-state index in [1.54, 1.807) is 13.8 Å². The van der Waals surface area contributed by atoms with Gasteiger partial charge in [-0.05, 0) is 26.7 Å². The van der Waals surface area contributed by atoms with Crippen LogP contribution < -0.4 is 0 Å². The summed E-state index contributed by atoms with van der Waals surface area (Å²) in [5.74, 6) is -0.513. The van der Waals surface area contributed by atoms with Gasteiger partial charge in [-0.15, -0.1) is 0 Å². The average Bonchev–Trinajstić information content (AvgIpc) is 2.11. The quantitative estimate of drug-likeness (QED) is 0.667. The van der Waals surface area contributed by atoms with E-state index in [4.69, 9.17) is 5.26 Å². The predicted molar refractivity (Wildman–Crippen MR) is 54.6 cm³/mol. The third-order valence-corrected chi connectivity index (χ3v) is 3.68. The van der Waals surface area contributed by atoms with Crippen molar-refractivity contribution in [3.63, 3.8) is 0 Å². The molecule has 0 heterocycles. The minimum atomic E-state index is -1.50. The smallest absolute Gasteiger partial charge is 0.136 e. The predicted octanol–water partition coefficient (Wildman–Crippen LogP) is 3.39. The van der Waals surface area contributed by atoms with Gasteiger partial charge < -0.3 is 0 Å². The molecule has 4 heteroatoms. The van der Waals surface area contributed by atoms with Crippen molar-refractivity contribution in [2.75, 3.05) is 0 Å². The summed E-state index contributed by atoms with van der Waals surface area (Å²) in [5.41, 5.74) is -0.795. The van der Waals surface area contributed by atoms with E-state index in [0.29, 0.717) is 6.42 Å². The number of alkyl halides is 3. The molecule has 4 unspecified atom stereocenters. The second-order valence-electron chi connectivity index (χ2n) is 4.47. The second kappa shape index (κ2) is 4.14. The summed E-state index contributed by atoms with van der Waals surface area (Å²) in [6, 6.07) is 2.06. The van der Waals surface area contributed by atoms with E-state index >= 15 is 0 Å². The third-order valence-electron chi connectivity index (χ3n) is 2.94. The molecule has 4 atom stereocenters. The lowest BCUT2D eigenvalue weighted by Crippen LogP contribution is -2.43. The Morgan fingerprint density at radius 2 is 1.93 bits per heavy atom. The zero-order valence-electron chi connectivity index (χ0n) is 8.30. The van der Waals surface area contributed by atoms with E-state index in [2.05, 4.69) is 22.0 Å². The third kappa shape index (κ3) is 2.25. The van der Waals surface area contributed by atoms with Crippen molar-refractivity contribution in [3.05, 3.63) is 0 Å². The van der Waals surface area contributed by atoms with Crippen LogP contribution in [0.15, 0.2) is 0 Å². The highest BCUT2D eigenvalue weighted by atomic mass is 79.9. The van der Waals surface area contributed by atoms with E-state index in [1.807, 2.05) is 0 Å². The summed E-state index contributed by atoms with van der Waals surface area (Å²) in [7, 11) is 0. The molecule has 1 aliphatic rings. The molecule has 0 aromatic carbocycles. The standard InChI is InChI=1S/C10H14BrF2N/c1-10(2,5-14)7-3-6(11)4-8(12)9(7)13/h6-9H,3-4H2,1-2H3. The first kappa shape index (κ1) is 11.9. The van der Waals surface area contributed by atoms with E-state index in [1.165, 1.54) is 0 Å². The Morgan fingerprint density at radius 3 is 2.43 bits per heavy atom. The van der Waals surface area contributed by atoms with Gasteiger partial charge in [-0.3, -0.25) is 0 Å². The zero-order chi connectivity index (χ0) is 10.9. The lowest BCUT2D eigenvalue weighted by Gasteiger charge is -2.38. The molecule has 1 rings (SSSR count). The van der Waals surface area contributed by atoms with Crippen LogP contribution in [0.25, 0.3) is 0 Å². The van der Waals surface area contributed by atoms with Gasteiger partial charge in [0.1, 0.15) is 12.3 Å². The average molecular weight is 266 g/mol. The molecule has 0 amide bonds. The highest BCUT2D eigenvalue weighted by Crippen LogP contribution is 2.42. The zero-order valence-corrected chi connectivity index (χ0v) is 9.89. The highest BCUT2D eigenvalue weighted by Gasteiger charge is 2.45. The first-order chi connectivity index (χ1) is 6.38. The minimum Gasteiger partial charge on any atom is -0.244 e. The fourth-order valence-electron chi connectivity index (χ4n) is 1.90. The maximum absolute atomic E-state index is 13.6. The van der Waals surface area contributed by atoms with Crippen LogP contribution in [-0.4, -0.2) is 17.2 Å². The summed E-state index contributed by atoms with van der Waals surface area (Å²) < 4.78 is 26.8. The Morgan fingerprint density at radius 1 is 1.36 bits per heavy atom. The van der Waals surface area contributed by atoms with Crippen LogP contribution in [0.5, 0.6) is 0 Å². The molecule has 80 valence electrons. The molecule has 0 aromatic rings. The lowest BCUT2D eigenvalue weighted by molar-refractivity contribution is 0.0285. The molecule has 1 nitrogen and oxygen atoms in total. The Hall–Kier alpha value is -0.170. The van der Waals surface area contributed by atoms with Crippen molar-refractivity contribution in [2.45, 2.75) is 43.9 Å². The van der Waals surface area contributed by atoms with Crippen molar-refractivity contribution in [1.29, 1.82) is 5.26 Å². The normalized spacial score (nSPS) is 39.1. The first-order valence-electron chi connectivity index (χ1n) is 4.72. The van der Waals surface area contributed by atoms with Crippen molar-refractivity contribution in [1.82, 2.24) is 0 Å². The molecule has 0 aromatic heterocycles. The van der Waals surface area contributed by atoms with Crippen molar-refractivity contribution in [3.8, 4) is 6.07 Å². The summed E-state index contributed by atoms with van der Waals surface area (Å²) in [6.45, 7) is 3.34. The van der Waals surface area contributed by atoms with Gasteiger partial charge >= 0.3 is 0 Å². The molecule has 0 N–H and O–H groups in total. The van der Waals surface area contributed by atoms with Gasteiger partial charge in [-0.2, -0.15) is 5.26 Å². The van der Waals surface area contributed by atoms with Gasteiger partial charge in [0.05, 0.1) is 11.5 Å². The number of nitrogens with zero attached hydrogens (tertiary/aromatic N) is 1. The Bertz CT molecular complexity index is 249. The van der Waals surface area contributed by atoms with Gasteiger partial charge in [0.2, 0.25) is 0 Å². The second-order valence-corrected chi connectivity index (χ2v) is 5.76. The maximum atomic E-state index is 13.6. The number of hydrogen-bond donors (Lipinski definition) is 0. The molecule has 14 heavy (non-hydrogen) atoms. The molecule has 0 spiro atoms. The molecule has 1 aliphatic carbocycles. The monoisotopic (exact) mass is 265 g/mol. The SMILES string of the molecule is CC(C)(C#N)C1CC(Br)CC(F)C1F. The van der Waals surface area contributed by atoms with Crippen LogP contribution in [-0.2, 0) is 0 Å². The molecule has 0 saturated heterocycles. The van der Waals surface area contributed by atoms with Crippen LogP contribution in [0, 0.1) is 22.7 Å².